The lowest BCUT2D eigenvalue weighted by Crippen LogP contribution is -2.19. The first kappa shape index (κ1) is 15.1. The summed E-state index contributed by atoms with van der Waals surface area (Å²) < 4.78 is 0. The van der Waals surface area contributed by atoms with Crippen molar-refractivity contribution in [3.8, 4) is 0 Å². The molecule has 2 aromatic rings. The molecule has 106 valence electrons. The molecule has 1 nitrogen and oxygen atoms in total. The van der Waals surface area contributed by atoms with Crippen LogP contribution in [0.1, 0.15) is 28.2 Å². The molecule has 1 unspecified atom stereocenters. The van der Waals surface area contributed by atoms with Crippen LogP contribution in [0.4, 0.5) is 0 Å². The van der Waals surface area contributed by atoms with Crippen LogP contribution in [0.15, 0.2) is 42.5 Å². The fraction of sp³-hybridized carbons (Fsp3) is 0.333. The molecule has 0 saturated carbocycles. The van der Waals surface area contributed by atoms with Crippen molar-refractivity contribution in [2.45, 2.75) is 26.2 Å². The Morgan fingerprint density at radius 3 is 2.15 bits per heavy atom. The number of halogens is 1. The molecule has 0 aromatic heterocycles. The van der Waals surface area contributed by atoms with Gasteiger partial charge in [-0.25, -0.2) is 0 Å². The minimum atomic E-state index is 0.471. The van der Waals surface area contributed by atoms with Crippen LogP contribution >= 0.6 is 11.6 Å². The number of rotatable bonds is 5. The van der Waals surface area contributed by atoms with Crippen molar-refractivity contribution in [2.75, 3.05) is 13.6 Å². The predicted molar refractivity (Wildman–Crippen MR) is 87.7 cm³/mol. The molecule has 20 heavy (non-hydrogen) atoms. The van der Waals surface area contributed by atoms with Crippen molar-refractivity contribution in [1.82, 2.24) is 5.32 Å². The number of aryl methyl sites for hydroxylation is 2. The Balaban J connectivity index is 2.22. The maximum Gasteiger partial charge on any atom is 0.0406 e. The van der Waals surface area contributed by atoms with Gasteiger partial charge in [-0.1, -0.05) is 53.1 Å². The number of hydrogen-bond acceptors (Lipinski definition) is 1. The van der Waals surface area contributed by atoms with Crippen LogP contribution in [-0.2, 0) is 6.42 Å². The summed E-state index contributed by atoms with van der Waals surface area (Å²) >= 11 is 5.98. The lowest BCUT2D eigenvalue weighted by atomic mass is 9.90. The maximum absolute atomic E-state index is 5.98. The Bertz CT molecular complexity index is 540. The van der Waals surface area contributed by atoms with Crippen LogP contribution in [0.25, 0.3) is 0 Å². The second kappa shape index (κ2) is 6.92. The van der Waals surface area contributed by atoms with E-state index in [0.717, 1.165) is 18.0 Å². The molecule has 0 spiro atoms. The van der Waals surface area contributed by atoms with Gasteiger partial charge < -0.3 is 5.32 Å². The van der Waals surface area contributed by atoms with Gasteiger partial charge in [-0.2, -0.15) is 0 Å². The molecule has 1 N–H and O–H groups in total. The molecule has 0 radical (unpaired) electrons. The first-order valence-corrected chi connectivity index (χ1v) is 7.43. The first-order valence-electron chi connectivity index (χ1n) is 7.05. The Morgan fingerprint density at radius 2 is 1.60 bits per heavy atom. The van der Waals surface area contributed by atoms with Gasteiger partial charge in [-0.05, 0) is 50.6 Å². The number of hydrogen-bond donors (Lipinski definition) is 1. The quantitative estimate of drug-likeness (QED) is 0.853. The molecule has 0 aliphatic carbocycles. The second-order valence-corrected chi connectivity index (χ2v) is 5.94. The number of likely N-dealkylation sites (N-methyl/N-ethyl adjacent to an activating group) is 1. The lowest BCUT2D eigenvalue weighted by Gasteiger charge is -2.18. The zero-order chi connectivity index (χ0) is 14.5. The summed E-state index contributed by atoms with van der Waals surface area (Å²) in [4.78, 5) is 0. The van der Waals surface area contributed by atoms with Crippen LogP contribution < -0.4 is 5.32 Å². The molecule has 0 amide bonds. The zero-order valence-corrected chi connectivity index (χ0v) is 13.2. The van der Waals surface area contributed by atoms with E-state index in [-0.39, 0.29) is 0 Å². The Hall–Kier alpha value is -1.31. The van der Waals surface area contributed by atoms with E-state index in [9.17, 15) is 0 Å². The van der Waals surface area contributed by atoms with Crippen molar-refractivity contribution < 1.29 is 0 Å². The molecular formula is C18H22ClN. The molecule has 0 bridgehead atoms. The molecule has 2 rings (SSSR count). The highest BCUT2D eigenvalue weighted by atomic mass is 35.5. The molecule has 1 atom stereocenters. The van der Waals surface area contributed by atoms with Crippen LogP contribution in [0.5, 0.6) is 0 Å². The van der Waals surface area contributed by atoms with Gasteiger partial charge in [0.2, 0.25) is 0 Å². The Kier molecular flexibility index (Phi) is 5.22. The third kappa shape index (κ3) is 4.09. The third-order valence-electron chi connectivity index (χ3n) is 3.56. The highest BCUT2D eigenvalue weighted by Gasteiger charge is 2.12. The van der Waals surface area contributed by atoms with Gasteiger partial charge in [0.05, 0.1) is 0 Å². The van der Waals surface area contributed by atoms with E-state index in [1.54, 1.807) is 0 Å². The first-order chi connectivity index (χ1) is 9.58. The summed E-state index contributed by atoms with van der Waals surface area (Å²) in [5, 5.41) is 4.09. The molecule has 0 fully saturated rings. The summed E-state index contributed by atoms with van der Waals surface area (Å²) in [5.74, 6) is 0.471. The fourth-order valence-corrected chi connectivity index (χ4v) is 2.89. The molecule has 2 aromatic carbocycles. The number of benzene rings is 2. The highest BCUT2D eigenvalue weighted by molar-refractivity contribution is 6.30. The zero-order valence-electron chi connectivity index (χ0n) is 12.4. The van der Waals surface area contributed by atoms with E-state index in [1.807, 2.05) is 19.2 Å². The summed E-state index contributed by atoms with van der Waals surface area (Å²) in [5.41, 5.74) is 5.40. The molecule has 2 heteroatoms. The molecule has 0 aliphatic heterocycles. The van der Waals surface area contributed by atoms with E-state index in [0.29, 0.717) is 5.92 Å². The topological polar surface area (TPSA) is 12.0 Å². The van der Waals surface area contributed by atoms with E-state index in [2.05, 4.69) is 49.5 Å². The van der Waals surface area contributed by atoms with Crippen LogP contribution in [0, 0.1) is 13.8 Å². The number of nitrogens with one attached hydrogen (secondary N) is 1. The fourth-order valence-electron chi connectivity index (χ4n) is 2.76. The van der Waals surface area contributed by atoms with Crippen LogP contribution in [0.3, 0.4) is 0 Å². The van der Waals surface area contributed by atoms with Crippen molar-refractivity contribution in [3.63, 3.8) is 0 Å². The average molecular weight is 288 g/mol. The minimum absolute atomic E-state index is 0.471. The van der Waals surface area contributed by atoms with Crippen molar-refractivity contribution >= 4 is 11.6 Å². The predicted octanol–water partition coefficient (Wildman–Crippen LogP) is 4.50. The van der Waals surface area contributed by atoms with Gasteiger partial charge in [0.1, 0.15) is 0 Å². The highest BCUT2D eigenvalue weighted by Crippen LogP contribution is 2.23. The van der Waals surface area contributed by atoms with Gasteiger partial charge in [0.25, 0.3) is 0 Å². The van der Waals surface area contributed by atoms with E-state index in [1.165, 1.54) is 22.3 Å². The summed E-state index contributed by atoms with van der Waals surface area (Å²) in [6.07, 6.45) is 1.05. The Morgan fingerprint density at radius 1 is 1.00 bits per heavy atom. The van der Waals surface area contributed by atoms with Gasteiger partial charge in [-0.15, -0.1) is 0 Å². The standard InChI is InChI=1S/C18H22ClN/c1-13-8-14(2)10-15(9-13)11-17(12-20-3)16-4-6-18(19)7-5-16/h4-10,17,20H,11-12H2,1-3H3. The van der Waals surface area contributed by atoms with E-state index < -0.39 is 0 Å². The van der Waals surface area contributed by atoms with E-state index >= 15 is 0 Å². The van der Waals surface area contributed by atoms with Crippen molar-refractivity contribution in [3.05, 3.63) is 69.7 Å². The summed E-state index contributed by atoms with van der Waals surface area (Å²) in [6, 6.07) is 15.0. The van der Waals surface area contributed by atoms with E-state index in [4.69, 9.17) is 11.6 Å². The van der Waals surface area contributed by atoms with Crippen molar-refractivity contribution in [1.29, 1.82) is 0 Å². The van der Waals surface area contributed by atoms with Gasteiger partial charge in [0, 0.05) is 17.5 Å². The molecule has 0 heterocycles. The largest absolute Gasteiger partial charge is 0.319 e. The normalized spacial score (nSPS) is 12.4. The summed E-state index contributed by atoms with van der Waals surface area (Å²) in [6.45, 7) is 5.28. The van der Waals surface area contributed by atoms with Gasteiger partial charge in [-0.3, -0.25) is 0 Å². The SMILES string of the molecule is CNCC(Cc1cc(C)cc(C)c1)c1ccc(Cl)cc1. The summed E-state index contributed by atoms with van der Waals surface area (Å²) in [7, 11) is 2.00. The maximum atomic E-state index is 5.98. The molecule has 0 saturated heterocycles. The van der Waals surface area contributed by atoms with Crippen LogP contribution in [-0.4, -0.2) is 13.6 Å². The average Bonchev–Trinajstić information content (AvgIpc) is 2.38. The van der Waals surface area contributed by atoms with Crippen LogP contribution in [0.2, 0.25) is 5.02 Å². The second-order valence-electron chi connectivity index (χ2n) is 5.51. The lowest BCUT2D eigenvalue weighted by molar-refractivity contribution is 0.625. The smallest absolute Gasteiger partial charge is 0.0406 e. The van der Waals surface area contributed by atoms with Gasteiger partial charge in [0.15, 0.2) is 0 Å². The third-order valence-corrected chi connectivity index (χ3v) is 3.81. The van der Waals surface area contributed by atoms with Gasteiger partial charge >= 0.3 is 0 Å². The molecular weight excluding hydrogens is 266 g/mol. The molecule has 0 aliphatic rings. The minimum Gasteiger partial charge on any atom is -0.319 e. The Labute approximate surface area is 127 Å². The monoisotopic (exact) mass is 287 g/mol. The van der Waals surface area contributed by atoms with Crippen molar-refractivity contribution in [2.24, 2.45) is 0 Å².